The molecule has 16 heavy (non-hydrogen) atoms. The molecule has 1 unspecified atom stereocenters. The van der Waals surface area contributed by atoms with Crippen LogP contribution in [-0.4, -0.2) is 11.9 Å². The van der Waals surface area contributed by atoms with Crippen LogP contribution in [0.4, 0.5) is 0 Å². The summed E-state index contributed by atoms with van der Waals surface area (Å²) in [5, 5.41) is 0. The molecule has 0 aromatic heterocycles. The molecule has 0 amide bonds. The van der Waals surface area contributed by atoms with Crippen LogP contribution in [0.15, 0.2) is 59.0 Å². The zero-order valence-electron chi connectivity index (χ0n) is 9.90. The van der Waals surface area contributed by atoms with Gasteiger partial charge < -0.3 is 4.90 Å². The van der Waals surface area contributed by atoms with E-state index in [0.29, 0.717) is 5.92 Å². The maximum absolute atomic E-state index is 2.36. The van der Waals surface area contributed by atoms with E-state index < -0.39 is 0 Å². The standard InChI is InChI=1S/C15H17N/c1-11-7-8-13-10-12(9-11)14-5-3-4-6-15(14)16(13)2/h3,5,7-10,12H,4,6H2,1-2H3. The SMILES string of the molecule is CC1=CC2C=C(C=C1)N(C)C1=C2C=CCC1. The molecule has 0 fully saturated rings. The van der Waals surface area contributed by atoms with E-state index in [0.717, 1.165) is 0 Å². The van der Waals surface area contributed by atoms with E-state index in [1.54, 1.807) is 0 Å². The molecule has 1 atom stereocenters. The average molecular weight is 211 g/mol. The Balaban J connectivity index is 2.12. The Hall–Kier alpha value is -1.50. The first kappa shape index (κ1) is 9.71. The summed E-state index contributed by atoms with van der Waals surface area (Å²) in [4.78, 5) is 2.35. The highest BCUT2D eigenvalue weighted by Gasteiger charge is 2.25. The van der Waals surface area contributed by atoms with E-state index in [-0.39, 0.29) is 0 Å². The minimum Gasteiger partial charge on any atom is -0.348 e. The van der Waals surface area contributed by atoms with Gasteiger partial charge in [-0.15, -0.1) is 0 Å². The summed E-state index contributed by atoms with van der Waals surface area (Å²) in [6, 6.07) is 0. The predicted molar refractivity (Wildman–Crippen MR) is 67.6 cm³/mol. The van der Waals surface area contributed by atoms with Crippen molar-refractivity contribution >= 4 is 0 Å². The lowest BCUT2D eigenvalue weighted by atomic mass is 9.87. The molecule has 1 nitrogen and oxygen atoms in total. The van der Waals surface area contributed by atoms with Crippen molar-refractivity contribution in [3.05, 3.63) is 59.0 Å². The minimum atomic E-state index is 0.479. The fourth-order valence-electron chi connectivity index (χ4n) is 2.74. The third kappa shape index (κ3) is 1.39. The molecule has 0 N–H and O–H groups in total. The highest BCUT2D eigenvalue weighted by Crippen LogP contribution is 2.37. The number of likely N-dealkylation sites (N-methyl/N-ethyl adjacent to an activating group) is 1. The van der Waals surface area contributed by atoms with E-state index in [9.17, 15) is 0 Å². The first-order chi connectivity index (χ1) is 7.75. The van der Waals surface area contributed by atoms with Crippen LogP contribution in [0.5, 0.6) is 0 Å². The van der Waals surface area contributed by atoms with Gasteiger partial charge in [0.1, 0.15) is 0 Å². The molecule has 0 spiro atoms. The first-order valence-corrected chi connectivity index (χ1v) is 5.97. The van der Waals surface area contributed by atoms with Gasteiger partial charge in [-0.3, -0.25) is 0 Å². The van der Waals surface area contributed by atoms with Crippen molar-refractivity contribution < 1.29 is 0 Å². The van der Waals surface area contributed by atoms with Gasteiger partial charge >= 0.3 is 0 Å². The van der Waals surface area contributed by atoms with Crippen LogP contribution in [0.3, 0.4) is 0 Å². The predicted octanol–water partition coefficient (Wildman–Crippen LogP) is 3.55. The van der Waals surface area contributed by atoms with E-state index >= 15 is 0 Å². The van der Waals surface area contributed by atoms with Crippen molar-refractivity contribution in [2.45, 2.75) is 19.8 Å². The van der Waals surface area contributed by atoms with Gasteiger partial charge in [-0.05, 0) is 37.5 Å². The second kappa shape index (κ2) is 3.51. The largest absolute Gasteiger partial charge is 0.348 e. The quantitative estimate of drug-likeness (QED) is 0.592. The highest BCUT2D eigenvalue weighted by molar-refractivity contribution is 5.47. The molecular weight excluding hydrogens is 194 g/mol. The molecule has 1 heterocycles. The molecule has 2 aliphatic carbocycles. The average Bonchev–Trinajstić information content (AvgIpc) is 2.47. The lowest BCUT2D eigenvalue weighted by Crippen LogP contribution is -2.25. The van der Waals surface area contributed by atoms with Gasteiger partial charge in [-0.2, -0.15) is 0 Å². The van der Waals surface area contributed by atoms with Gasteiger partial charge in [-0.1, -0.05) is 29.9 Å². The van der Waals surface area contributed by atoms with Crippen LogP contribution in [0.1, 0.15) is 19.8 Å². The van der Waals surface area contributed by atoms with Crippen molar-refractivity contribution in [2.75, 3.05) is 7.05 Å². The Labute approximate surface area is 97.1 Å². The molecule has 0 aromatic carbocycles. The third-order valence-electron chi connectivity index (χ3n) is 3.64. The fourth-order valence-corrected chi connectivity index (χ4v) is 2.74. The normalized spacial score (nSPS) is 27.4. The van der Waals surface area contributed by atoms with Gasteiger partial charge in [0.05, 0.1) is 0 Å². The first-order valence-electron chi connectivity index (χ1n) is 5.97. The van der Waals surface area contributed by atoms with E-state index in [4.69, 9.17) is 0 Å². The molecule has 1 aliphatic heterocycles. The van der Waals surface area contributed by atoms with E-state index in [1.165, 1.54) is 35.4 Å². The van der Waals surface area contributed by atoms with Gasteiger partial charge in [0, 0.05) is 24.4 Å². The molecule has 0 radical (unpaired) electrons. The third-order valence-corrected chi connectivity index (χ3v) is 3.64. The zero-order chi connectivity index (χ0) is 11.1. The number of allylic oxidation sites excluding steroid dienone is 9. The monoisotopic (exact) mass is 211 g/mol. The number of hydrogen-bond acceptors (Lipinski definition) is 1. The number of rotatable bonds is 0. The van der Waals surface area contributed by atoms with Crippen molar-refractivity contribution in [1.82, 2.24) is 4.90 Å². The lowest BCUT2D eigenvalue weighted by Gasteiger charge is -2.34. The summed E-state index contributed by atoms with van der Waals surface area (Å²) in [5.41, 5.74) is 5.69. The maximum atomic E-state index is 2.36. The van der Waals surface area contributed by atoms with Gasteiger partial charge in [0.2, 0.25) is 0 Å². The molecule has 0 saturated carbocycles. The maximum Gasteiger partial charge on any atom is 0.0374 e. The van der Waals surface area contributed by atoms with Crippen molar-refractivity contribution in [2.24, 2.45) is 5.92 Å². The zero-order valence-corrected chi connectivity index (χ0v) is 9.90. The molecule has 82 valence electrons. The van der Waals surface area contributed by atoms with Crippen LogP contribution in [0, 0.1) is 5.92 Å². The van der Waals surface area contributed by atoms with E-state index in [2.05, 4.69) is 55.3 Å². The summed E-state index contributed by atoms with van der Waals surface area (Å²) in [6.45, 7) is 2.18. The van der Waals surface area contributed by atoms with Crippen LogP contribution in [-0.2, 0) is 0 Å². The van der Waals surface area contributed by atoms with E-state index in [1.807, 2.05) is 0 Å². The van der Waals surface area contributed by atoms with Crippen LogP contribution in [0.2, 0.25) is 0 Å². The summed E-state index contributed by atoms with van der Waals surface area (Å²) >= 11 is 0. The summed E-state index contributed by atoms with van der Waals surface area (Å²) < 4.78 is 0. The Morgan fingerprint density at radius 2 is 2.06 bits per heavy atom. The fraction of sp³-hybridized carbons (Fsp3) is 0.333. The minimum absolute atomic E-state index is 0.479. The Kier molecular flexibility index (Phi) is 2.13. The highest BCUT2D eigenvalue weighted by atomic mass is 15.1. The van der Waals surface area contributed by atoms with Crippen molar-refractivity contribution in [3.63, 3.8) is 0 Å². The molecule has 0 saturated heterocycles. The Bertz CT molecular complexity index is 472. The second-order valence-electron chi connectivity index (χ2n) is 4.76. The summed E-state index contributed by atoms with van der Waals surface area (Å²) in [7, 11) is 2.18. The number of nitrogens with zero attached hydrogens (tertiary/aromatic N) is 1. The summed E-state index contributed by atoms with van der Waals surface area (Å²) in [6.07, 6.45) is 16.1. The molecule has 0 aromatic rings. The lowest BCUT2D eigenvalue weighted by molar-refractivity contribution is 0.478. The van der Waals surface area contributed by atoms with Gasteiger partial charge in [0.15, 0.2) is 0 Å². The number of fused-ring (bicyclic) bond motifs is 2. The van der Waals surface area contributed by atoms with Gasteiger partial charge in [-0.25, -0.2) is 0 Å². The van der Waals surface area contributed by atoms with Crippen molar-refractivity contribution in [3.8, 4) is 0 Å². The second-order valence-corrected chi connectivity index (χ2v) is 4.76. The van der Waals surface area contributed by atoms with Gasteiger partial charge in [0.25, 0.3) is 0 Å². The molecule has 3 rings (SSSR count). The molecule has 3 aliphatic rings. The molecular formula is C15H17N. The summed E-state index contributed by atoms with van der Waals surface area (Å²) in [5.74, 6) is 0.479. The number of hydrogen-bond donors (Lipinski definition) is 0. The van der Waals surface area contributed by atoms with Crippen LogP contribution >= 0.6 is 0 Å². The molecule has 1 heteroatoms. The van der Waals surface area contributed by atoms with Crippen molar-refractivity contribution in [1.29, 1.82) is 0 Å². The molecule has 2 bridgehead atoms. The van der Waals surface area contributed by atoms with Crippen LogP contribution in [0.25, 0.3) is 0 Å². The Morgan fingerprint density at radius 3 is 2.94 bits per heavy atom. The topological polar surface area (TPSA) is 3.24 Å². The Morgan fingerprint density at radius 1 is 1.19 bits per heavy atom. The smallest absolute Gasteiger partial charge is 0.0374 e. The van der Waals surface area contributed by atoms with Crippen LogP contribution < -0.4 is 0 Å².